The van der Waals surface area contributed by atoms with Crippen LogP contribution in [0.5, 0.6) is 5.75 Å². The highest BCUT2D eigenvalue weighted by Crippen LogP contribution is 2.22. The molecule has 0 aliphatic heterocycles. The van der Waals surface area contributed by atoms with Crippen molar-refractivity contribution < 1.29 is 14.5 Å². The van der Waals surface area contributed by atoms with Gasteiger partial charge in [-0.05, 0) is 18.2 Å². The molecule has 0 aliphatic rings. The van der Waals surface area contributed by atoms with Crippen LogP contribution < -0.4 is 10.1 Å². The van der Waals surface area contributed by atoms with Crippen LogP contribution in [-0.2, 0) is 0 Å². The van der Waals surface area contributed by atoms with E-state index < -0.39 is 10.8 Å². The second-order valence-corrected chi connectivity index (χ2v) is 5.09. The zero-order valence-electron chi connectivity index (χ0n) is 13.2. The molecule has 0 fully saturated rings. The minimum Gasteiger partial charge on any atom is -0.493 e. The van der Waals surface area contributed by atoms with Gasteiger partial charge in [-0.3, -0.25) is 14.9 Å². The maximum atomic E-state index is 12.5. The number of nitrogens with zero attached hydrogens (tertiary/aromatic N) is 3. The van der Waals surface area contributed by atoms with Crippen LogP contribution in [0.15, 0.2) is 60.8 Å². The number of non-ortho nitro benzene ring substituents is 1. The molecule has 3 aromatic rings. The van der Waals surface area contributed by atoms with Gasteiger partial charge in [-0.25, -0.2) is 4.68 Å². The molecule has 8 nitrogen and oxygen atoms in total. The number of ether oxygens (including phenoxy) is 1. The Hall–Kier alpha value is -3.68. The first-order valence-corrected chi connectivity index (χ1v) is 7.33. The summed E-state index contributed by atoms with van der Waals surface area (Å²) in [4.78, 5) is 22.8. The molecule has 1 aromatic heterocycles. The van der Waals surface area contributed by atoms with Crippen molar-refractivity contribution in [1.29, 1.82) is 0 Å². The SMILES string of the molecule is COc1cn(-c2ccccc2)nc1C(=O)Nc1cccc([N+](=O)[O-])c1. The minimum atomic E-state index is -0.527. The molecule has 0 radical (unpaired) electrons. The summed E-state index contributed by atoms with van der Waals surface area (Å²) in [5.74, 6) is -0.223. The number of amides is 1. The van der Waals surface area contributed by atoms with E-state index in [-0.39, 0.29) is 11.4 Å². The molecule has 8 heteroatoms. The van der Waals surface area contributed by atoms with Gasteiger partial charge in [-0.2, -0.15) is 5.10 Å². The largest absolute Gasteiger partial charge is 0.493 e. The number of anilines is 1. The van der Waals surface area contributed by atoms with Gasteiger partial charge in [0.25, 0.3) is 11.6 Å². The van der Waals surface area contributed by atoms with Gasteiger partial charge in [-0.15, -0.1) is 0 Å². The van der Waals surface area contributed by atoms with Gasteiger partial charge < -0.3 is 10.1 Å². The van der Waals surface area contributed by atoms with Crippen LogP contribution >= 0.6 is 0 Å². The summed E-state index contributed by atoms with van der Waals surface area (Å²) in [6, 6.07) is 14.9. The molecule has 126 valence electrons. The summed E-state index contributed by atoms with van der Waals surface area (Å²) in [5.41, 5.74) is 1.04. The Bertz CT molecular complexity index is 921. The Kier molecular flexibility index (Phi) is 4.42. The molecule has 1 N–H and O–H groups in total. The number of rotatable bonds is 5. The smallest absolute Gasteiger partial charge is 0.280 e. The lowest BCUT2D eigenvalue weighted by Gasteiger charge is -2.04. The third kappa shape index (κ3) is 3.47. The topological polar surface area (TPSA) is 99.3 Å². The Morgan fingerprint density at radius 3 is 2.64 bits per heavy atom. The Morgan fingerprint density at radius 2 is 1.96 bits per heavy atom. The number of hydrogen-bond acceptors (Lipinski definition) is 5. The molecule has 2 aromatic carbocycles. The predicted molar refractivity (Wildman–Crippen MR) is 91.2 cm³/mol. The summed E-state index contributed by atoms with van der Waals surface area (Å²) >= 11 is 0. The normalized spacial score (nSPS) is 10.3. The van der Waals surface area contributed by atoms with Crippen molar-refractivity contribution in [3.8, 4) is 11.4 Å². The minimum absolute atomic E-state index is 0.0814. The van der Waals surface area contributed by atoms with E-state index >= 15 is 0 Å². The molecule has 0 aliphatic carbocycles. The van der Waals surface area contributed by atoms with Gasteiger partial charge in [-0.1, -0.05) is 24.3 Å². The van der Waals surface area contributed by atoms with Crippen molar-refractivity contribution in [3.05, 3.63) is 76.6 Å². The van der Waals surface area contributed by atoms with Crippen LogP contribution in [0, 0.1) is 10.1 Å². The van der Waals surface area contributed by atoms with Gasteiger partial charge in [0.15, 0.2) is 11.4 Å². The molecule has 0 unspecified atom stereocenters. The van der Waals surface area contributed by atoms with Gasteiger partial charge in [0, 0.05) is 17.8 Å². The highest BCUT2D eigenvalue weighted by Gasteiger charge is 2.19. The number of para-hydroxylation sites is 1. The van der Waals surface area contributed by atoms with Crippen LogP contribution in [0.25, 0.3) is 5.69 Å². The van der Waals surface area contributed by atoms with Crippen LogP contribution in [0.1, 0.15) is 10.5 Å². The van der Waals surface area contributed by atoms with Crippen molar-refractivity contribution in [3.63, 3.8) is 0 Å². The van der Waals surface area contributed by atoms with E-state index in [0.29, 0.717) is 11.4 Å². The standard InChI is InChI=1S/C17H14N4O4/c1-25-15-11-20(13-7-3-2-4-8-13)19-16(15)17(22)18-12-6-5-9-14(10-12)21(23)24/h2-11H,1H3,(H,18,22). The number of nitrogens with one attached hydrogen (secondary N) is 1. The molecule has 0 saturated carbocycles. The van der Waals surface area contributed by atoms with E-state index in [4.69, 9.17) is 4.74 Å². The summed E-state index contributed by atoms with van der Waals surface area (Å²) in [6.07, 6.45) is 1.59. The first kappa shape index (κ1) is 16.2. The van der Waals surface area contributed by atoms with E-state index in [0.717, 1.165) is 5.69 Å². The summed E-state index contributed by atoms with van der Waals surface area (Å²) in [5, 5.41) is 17.7. The third-order valence-electron chi connectivity index (χ3n) is 3.45. The number of carbonyl (C=O) groups is 1. The number of nitro groups is 1. The number of nitro benzene ring substituents is 1. The van der Waals surface area contributed by atoms with Crippen LogP contribution in [0.2, 0.25) is 0 Å². The fraction of sp³-hybridized carbons (Fsp3) is 0.0588. The van der Waals surface area contributed by atoms with Gasteiger partial charge in [0.1, 0.15) is 0 Å². The van der Waals surface area contributed by atoms with Crippen molar-refractivity contribution >= 4 is 17.3 Å². The second kappa shape index (κ2) is 6.83. The molecule has 3 rings (SSSR count). The lowest BCUT2D eigenvalue weighted by Crippen LogP contribution is -2.14. The average molecular weight is 338 g/mol. The summed E-state index contributed by atoms with van der Waals surface area (Å²) < 4.78 is 6.74. The van der Waals surface area contributed by atoms with E-state index in [1.54, 1.807) is 12.3 Å². The highest BCUT2D eigenvalue weighted by atomic mass is 16.6. The first-order valence-electron chi connectivity index (χ1n) is 7.33. The van der Waals surface area contributed by atoms with E-state index in [1.807, 2.05) is 30.3 Å². The average Bonchev–Trinajstić information content (AvgIpc) is 3.07. The fourth-order valence-corrected chi connectivity index (χ4v) is 2.27. The van der Waals surface area contributed by atoms with Crippen LogP contribution in [0.3, 0.4) is 0 Å². The Morgan fingerprint density at radius 1 is 1.20 bits per heavy atom. The number of aromatic nitrogens is 2. The molecule has 1 amide bonds. The fourth-order valence-electron chi connectivity index (χ4n) is 2.27. The van der Waals surface area contributed by atoms with Crippen molar-refractivity contribution in [2.45, 2.75) is 0 Å². The molecular formula is C17H14N4O4. The van der Waals surface area contributed by atoms with Gasteiger partial charge in [0.05, 0.1) is 23.9 Å². The van der Waals surface area contributed by atoms with E-state index in [2.05, 4.69) is 10.4 Å². The molecule has 0 bridgehead atoms. The molecule has 0 saturated heterocycles. The van der Waals surface area contributed by atoms with Crippen LogP contribution in [-0.4, -0.2) is 27.7 Å². The molecule has 0 spiro atoms. The van der Waals surface area contributed by atoms with Crippen molar-refractivity contribution in [2.24, 2.45) is 0 Å². The van der Waals surface area contributed by atoms with E-state index in [9.17, 15) is 14.9 Å². The van der Waals surface area contributed by atoms with Gasteiger partial charge in [0.2, 0.25) is 0 Å². The molecule has 25 heavy (non-hydrogen) atoms. The van der Waals surface area contributed by atoms with Crippen LogP contribution in [0.4, 0.5) is 11.4 Å². The quantitative estimate of drug-likeness (QED) is 0.569. The highest BCUT2D eigenvalue weighted by molar-refractivity contribution is 6.04. The summed E-state index contributed by atoms with van der Waals surface area (Å²) in [6.45, 7) is 0. The number of carbonyl (C=O) groups excluding carboxylic acids is 1. The van der Waals surface area contributed by atoms with Crippen molar-refractivity contribution in [2.75, 3.05) is 12.4 Å². The molecule has 0 atom stereocenters. The van der Waals surface area contributed by atoms with Crippen molar-refractivity contribution in [1.82, 2.24) is 9.78 Å². The Labute approximate surface area is 142 Å². The predicted octanol–water partition coefficient (Wildman–Crippen LogP) is 3.04. The second-order valence-electron chi connectivity index (χ2n) is 5.09. The zero-order chi connectivity index (χ0) is 17.8. The monoisotopic (exact) mass is 338 g/mol. The lowest BCUT2D eigenvalue weighted by atomic mass is 10.2. The molecule has 1 heterocycles. The van der Waals surface area contributed by atoms with E-state index in [1.165, 1.54) is 30.0 Å². The number of hydrogen-bond donors (Lipinski definition) is 1. The first-order chi connectivity index (χ1) is 12.1. The zero-order valence-corrected chi connectivity index (χ0v) is 13.2. The maximum absolute atomic E-state index is 12.5. The summed E-state index contributed by atoms with van der Waals surface area (Å²) in [7, 11) is 1.44. The number of methoxy groups -OCH3 is 1. The number of benzene rings is 2. The lowest BCUT2D eigenvalue weighted by molar-refractivity contribution is -0.384. The molecular weight excluding hydrogens is 324 g/mol. The Balaban J connectivity index is 1.88. The maximum Gasteiger partial charge on any atom is 0.280 e. The third-order valence-corrected chi connectivity index (χ3v) is 3.45. The van der Waals surface area contributed by atoms with Gasteiger partial charge >= 0.3 is 0 Å².